The molecule has 0 aromatic heterocycles. The van der Waals surface area contributed by atoms with E-state index < -0.39 is 10.0 Å². The van der Waals surface area contributed by atoms with E-state index in [0.717, 1.165) is 0 Å². The molecule has 0 spiro atoms. The van der Waals surface area contributed by atoms with E-state index in [4.69, 9.17) is 5.26 Å². The van der Waals surface area contributed by atoms with Gasteiger partial charge in [0.1, 0.15) is 0 Å². The van der Waals surface area contributed by atoms with Gasteiger partial charge in [-0.1, -0.05) is 23.1 Å². The van der Waals surface area contributed by atoms with Gasteiger partial charge in [0.15, 0.2) is 0 Å². The topological polar surface area (TPSA) is 79.2 Å². The van der Waals surface area contributed by atoms with Crippen molar-refractivity contribution in [3.8, 4) is 6.07 Å². The highest BCUT2D eigenvalue weighted by Gasteiger charge is 2.13. The van der Waals surface area contributed by atoms with E-state index in [1.54, 1.807) is 24.3 Å². The third-order valence-corrected chi connectivity index (χ3v) is 2.81. The molecule has 0 aliphatic heterocycles. The molecule has 0 aliphatic carbocycles. The molecule has 0 atom stereocenters. The minimum atomic E-state index is -3.54. The standard InChI is InChI=1S/C9H10N2O3S/c1-14-11-15(12,13)7-9-5-3-2-4-8(9)6-10/h2-5,11H,7H2,1H3. The zero-order valence-corrected chi connectivity index (χ0v) is 8.91. The SMILES string of the molecule is CONS(=O)(=O)Cc1ccccc1C#N. The molecule has 0 bridgehead atoms. The van der Waals surface area contributed by atoms with Crippen molar-refractivity contribution in [1.29, 1.82) is 5.26 Å². The minimum Gasteiger partial charge on any atom is -0.290 e. The molecule has 5 nitrogen and oxygen atoms in total. The summed E-state index contributed by atoms with van der Waals surface area (Å²) in [7, 11) is -2.32. The quantitative estimate of drug-likeness (QED) is 0.760. The highest BCUT2D eigenvalue weighted by molar-refractivity contribution is 7.88. The minimum absolute atomic E-state index is 0.273. The predicted molar refractivity (Wildman–Crippen MR) is 53.9 cm³/mol. The molecule has 0 fully saturated rings. The van der Waals surface area contributed by atoms with Crippen LogP contribution in [0, 0.1) is 11.3 Å². The molecule has 0 saturated carbocycles. The van der Waals surface area contributed by atoms with Crippen LogP contribution in [0.25, 0.3) is 0 Å². The van der Waals surface area contributed by atoms with Crippen molar-refractivity contribution in [2.24, 2.45) is 0 Å². The van der Waals surface area contributed by atoms with E-state index in [1.165, 1.54) is 7.11 Å². The summed E-state index contributed by atoms with van der Waals surface area (Å²) < 4.78 is 22.6. The number of nitrogens with zero attached hydrogens (tertiary/aromatic N) is 1. The maximum atomic E-state index is 11.3. The van der Waals surface area contributed by atoms with E-state index in [2.05, 4.69) is 4.84 Å². The second kappa shape index (κ2) is 4.89. The number of rotatable bonds is 4. The van der Waals surface area contributed by atoms with Crippen molar-refractivity contribution in [1.82, 2.24) is 4.89 Å². The number of benzene rings is 1. The normalized spacial score (nSPS) is 10.9. The Labute approximate surface area is 88.3 Å². The van der Waals surface area contributed by atoms with Crippen molar-refractivity contribution < 1.29 is 13.3 Å². The second-order valence-corrected chi connectivity index (χ2v) is 4.50. The zero-order chi connectivity index (χ0) is 11.3. The highest BCUT2D eigenvalue weighted by Crippen LogP contribution is 2.10. The van der Waals surface area contributed by atoms with Crippen molar-refractivity contribution in [2.75, 3.05) is 7.11 Å². The Morgan fingerprint density at radius 2 is 2.13 bits per heavy atom. The molecule has 0 radical (unpaired) electrons. The smallest absolute Gasteiger partial charge is 0.237 e. The molecule has 0 saturated heterocycles. The first-order valence-electron chi connectivity index (χ1n) is 4.09. The number of nitriles is 1. The lowest BCUT2D eigenvalue weighted by Crippen LogP contribution is -2.24. The fourth-order valence-electron chi connectivity index (χ4n) is 1.12. The van der Waals surface area contributed by atoms with Gasteiger partial charge < -0.3 is 0 Å². The molecule has 15 heavy (non-hydrogen) atoms. The van der Waals surface area contributed by atoms with Crippen LogP contribution in [0.2, 0.25) is 0 Å². The summed E-state index contributed by atoms with van der Waals surface area (Å²) in [6.07, 6.45) is 0. The van der Waals surface area contributed by atoms with Gasteiger partial charge >= 0.3 is 0 Å². The number of hydrogen-bond donors (Lipinski definition) is 1. The lowest BCUT2D eigenvalue weighted by atomic mass is 10.1. The first-order chi connectivity index (χ1) is 7.09. The van der Waals surface area contributed by atoms with E-state index in [1.807, 2.05) is 11.0 Å². The Balaban J connectivity index is 2.96. The van der Waals surface area contributed by atoms with Gasteiger partial charge in [0.2, 0.25) is 10.0 Å². The van der Waals surface area contributed by atoms with Crippen LogP contribution in [0.4, 0.5) is 0 Å². The molecule has 1 aromatic carbocycles. The third-order valence-electron chi connectivity index (χ3n) is 1.69. The number of hydrogen-bond acceptors (Lipinski definition) is 4. The Kier molecular flexibility index (Phi) is 3.80. The zero-order valence-electron chi connectivity index (χ0n) is 8.10. The average molecular weight is 226 g/mol. The van der Waals surface area contributed by atoms with Gasteiger partial charge in [-0.25, -0.2) is 8.42 Å². The Morgan fingerprint density at radius 3 is 2.73 bits per heavy atom. The van der Waals surface area contributed by atoms with Crippen molar-refractivity contribution >= 4 is 10.0 Å². The summed E-state index contributed by atoms with van der Waals surface area (Å²) in [6, 6.07) is 8.44. The van der Waals surface area contributed by atoms with Crippen LogP contribution in [0.3, 0.4) is 0 Å². The van der Waals surface area contributed by atoms with Crippen LogP contribution < -0.4 is 4.89 Å². The van der Waals surface area contributed by atoms with Crippen LogP contribution in [0.5, 0.6) is 0 Å². The van der Waals surface area contributed by atoms with Crippen LogP contribution in [0.15, 0.2) is 24.3 Å². The lowest BCUT2D eigenvalue weighted by molar-refractivity contribution is 0.153. The summed E-state index contributed by atoms with van der Waals surface area (Å²) in [5, 5.41) is 8.75. The monoisotopic (exact) mass is 226 g/mol. The van der Waals surface area contributed by atoms with E-state index >= 15 is 0 Å². The first kappa shape index (κ1) is 11.7. The van der Waals surface area contributed by atoms with E-state index in [9.17, 15) is 8.42 Å². The average Bonchev–Trinajstić information content (AvgIpc) is 2.17. The molecule has 0 amide bonds. The third kappa shape index (κ3) is 3.32. The molecule has 0 unspecified atom stereocenters. The Morgan fingerprint density at radius 1 is 1.47 bits per heavy atom. The molecule has 1 N–H and O–H groups in total. The van der Waals surface area contributed by atoms with Gasteiger partial charge in [0, 0.05) is 0 Å². The summed E-state index contributed by atoms with van der Waals surface area (Å²) >= 11 is 0. The molecule has 0 aliphatic rings. The Hall–Kier alpha value is -1.42. The van der Waals surface area contributed by atoms with Crippen LogP contribution >= 0.6 is 0 Å². The van der Waals surface area contributed by atoms with Gasteiger partial charge in [-0.05, 0) is 11.6 Å². The number of nitrogens with one attached hydrogen (secondary N) is 1. The van der Waals surface area contributed by atoms with Gasteiger partial charge in [-0.2, -0.15) is 5.26 Å². The fourth-order valence-corrected chi connectivity index (χ4v) is 2.09. The van der Waals surface area contributed by atoms with E-state index in [0.29, 0.717) is 11.1 Å². The second-order valence-electron chi connectivity index (χ2n) is 2.82. The molecule has 80 valence electrons. The number of sulfonamides is 1. The van der Waals surface area contributed by atoms with Crippen LogP contribution in [-0.4, -0.2) is 15.5 Å². The van der Waals surface area contributed by atoms with Gasteiger partial charge in [-0.15, -0.1) is 0 Å². The van der Waals surface area contributed by atoms with Crippen molar-refractivity contribution in [3.63, 3.8) is 0 Å². The van der Waals surface area contributed by atoms with Gasteiger partial charge in [0.25, 0.3) is 0 Å². The summed E-state index contributed by atoms with van der Waals surface area (Å²) in [5.74, 6) is -0.273. The molecular weight excluding hydrogens is 216 g/mol. The lowest BCUT2D eigenvalue weighted by Gasteiger charge is -2.05. The molecule has 6 heteroatoms. The summed E-state index contributed by atoms with van der Waals surface area (Å²) in [6.45, 7) is 0. The van der Waals surface area contributed by atoms with Gasteiger partial charge in [0.05, 0.1) is 24.5 Å². The molecule has 0 heterocycles. The van der Waals surface area contributed by atoms with Crippen molar-refractivity contribution in [2.45, 2.75) is 5.75 Å². The Bertz CT molecular complexity index is 476. The fraction of sp³-hybridized carbons (Fsp3) is 0.222. The predicted octanol–water partition coefficient (Wildman–Crippen LogP) is 0.539. The molecular formula is C9H10N2O3S. The molecule has 1 rings (SSSR count). The molecule has 1 aromatic rings. The van der Waals surface area contributed by atoms with Crippen LogP contribution in [-0.2, 0) is 20.6 Å². The largest absolute Gasteiger partial charge is 0.290 e. The maximum absolute atomic E-state index is 11.3. The maximum Gasteiger partial charge on any atom is 0.237 e. The summed E-state index contributed by atoms with van der Waals surface area (Å²) in [5.41, 5.74) is 0.795. The van der Waals surface area contributed by atoms with E-state index in [-0.39, 0.29) is 5.75 Å². The first-order valence-corrected chi connectivity index (χ1v) is 5.75. The highest BCUT2D eigenvalue weighted by atomic mass is 32.2. The van der Waals surface area contributed by atoms with Crippen LogP contribution in [0.1, 0.15) is 11.1 Å². The summed E-state index contributed by atoms with van der Waals surface area (Å²) in [4.78, 5) is 6.22. The van der Waals surface area contributed by atoms with Gasteiger partial charge in [-0.3, -0.25) is 4.84 Å². The van der Waals surface area contributed by atoms with Crippen molar-refractivity contribution in [3.05, 3.63) is 35.4 Å².